The van der Waals surface area contributed by atoms with Crippen molar-refractivity contribution in [2.75, 3.05) is 18.8 Å². The zero-order valence-corrected chi connectivity index (χ0v) is 14.7. The van der Waals surface area contributed by atoms with Crippen LogP contribution >= 0.6 is 0 Å². The van der Waals surface area contributed by atoms with Crippen LogP contribution in [0.25, 0.3) is 0 Å². The van der Waals surface area contributed by atoms with Gasteiger partial charge in [0, 0.05) is 25.1 Å². The van der Waals surface area contributed by atoms with Crippen molar-refractivity contribution >= 4 is 15.7 Å². The Morgan fingerprint density at radius 2 is 2.09 bits per heavy atom. The van der Waals surface area contributed by atoms with Crippen LogP contribution in [0.3, 0.4) is 0 Å². The first-order valence-electron chi connectivity index (χ1n) is 7.86. The minimum absolute atomic E-state index is 0.00568. The maximum absolute atomic E-state index is 12.9. The third-order valence-corrected chi connectivity index (χ3v) is 7.30. The van der Waals surface area contributed by atoms with Crippen molar-refractivity contribution in [3.8, 4) is 0 Å². The van der Waals surface area contributed by atoms with Gasteiger partial charge in [-0.15, -0.1) is 0 Å². The summed E-state index contributed by atoms with van der Waals surface area (Å²) >= 11 is 0. The number of sulfone groups is 1. The van der Waals surface area contributed by atoms with Crippen molar-refractivity contribution < 1.29 is 17.9 Å². The van der Waals surface area contributed by atoms with Gasteiger partial charge in [-0.25, -0.2) is 8.42 Å². The molecule has 1 amide bonds. The first-order valence-corrected chi connectivity index (χ1v) is 9.52. The highest BCUT2D eigenvalue weighted by Gasteiger charge is 2.42. The van der Waals surface area contributed by atoms with E-state index in [9.17, 15) is 13.2 Å². The van der Waals surface area contributed by atoms with Crippen molar-refractivity contribution in [2.24, 2.45) is 0 Å². The van der Waals surface area contributed by atoms with Gasteiger partial charge in [-0.1, -0.05) is 0 Å². The zero-order chi connectivity index (χ0) is 17.0. The fourth-order valence-electron chi connectivity index (χ4n) is 3.32. The number of hydrogen-bond acceptors (Lipinski definition) is 5. The van der Waals surface area contributed by atoms with Gasteiger partial charge in [-0.3, -0.25) is 9.89 Å². The number of ether oxygens (including phenoxy) is 1. The highest BCUT2D eigenvalue weighted by atomic mass is 32.2. The summed E-state index contributed by atoms with van der Waals surface area (Å²) in [6.45, 7) is 7.64. The van der Waals surface area contributed by atoms with Crippen molar-refractivity contribution in [1.29, 1.82) is 0 Å². The number of rotatable bonds is 1. The summed E-state index contributed by atoms with van der Waals surface area (Å²) in [4.78, 5) is 14.5. The largest absolute Gasteiger partial charge is 0.369 e. The monoisotopic (exact) mass is 341 g/mol. The van der Waals surface area contributed by atoms with E-state index in [0.29, 0.717) is 12.1 Å². The molecule has 0 aromatic carbocycles. The molecule has 3 rings (SSSR count). The molecule has 0 saturated carbocycles. The Morgan fingerprint density at radius 3 is 2.74 bits per heavy atom. The van der Waals surface area contributed by atoms with Crippen LogP contribution in [0.2, 0.25) is 0 Å². The minimum Gasteiger partial charge on any atom is -0.369 e. The molecule has 0 bridgehead atoms. The predicted octanol–water partition coefficient (Wildman–Crippen LogP) is 1.08. The molecule has 2 aliphatic heterocycles. The van der Waals surface area contributed by atoms with Crippen LogP contribution in [0, 0.1) is 0 Å². The van der Waals surface area contributed by atoms with Gasteiger partial charge < -0.3 is 9.64 Å². The van der Waals surface area contributed by atoms with E-state index < -0.39 is 14.6 Å². The molecule has 7 nitrogen and oxygen atoms in total. The number of carbonyl (C=O) groups is 1. The van der Waals surface area contributed by atoms with E-state index in [1.54, 1.807) is 18.7 Å². The summed E-state index contributed by atoms with van der Waals surface area (Å²) in [7, 11) is -3.17. The summed E-state index contributed by atoms with van der Waals surface area (Å²) in [5.74, 6) is -0.208. The molecule has 0 unspecified atom stereocenters. The quantitative estimate of drug-likeness (QED) is 0.825. The highest BCUT2D eigenvalue weighted by molar-refractivity contribution is 7.92. The van der Waals surface area contributed by atoms with Crippen LogP contribution in [0.1, 0.15) is 55.5 Å². The lowest BCUT2D eigenvalue weighted by atomic mass is 9.99. The van der Waals surface area contributed by atoms with E-state index in [0.717, 1.165) is 11.3 Å². The first-order chi connectivity index (χ1) is 10.6. The Morgan fingerprint density at radius 1 is 1.39 bits per heavy atom. The van der Waals surface area contributed by atoms with Crippen molar-refractivity contribution in [3.05, 3.63) is 17.0 Å². The Hall–Kier alpha value is -1.41. The number of aromatic nitrogens is 2. The fraction of sp³-hybridized carbons (Fsp3) is 0.733. The van der Waals surface area contributed by atoms with Gasteiger partial charge in [-0.05, 0) is 27.7 Å². The Kier molecular flexibility index (Phi) is 3.79. The van der Waals surface area contributed by atoms with Crippen LogP contribution in [0.5, 0.6) is 0 Å². The van der Waals surface area contributed by atoms with Crippen molar-refractivity contribution in [2.45, 2.75) is 51.1 Å². The Bertz CT molecular complexity index is 738. The molecule has 8 heteroatoms. The number of amides is 1. The van der Waals surface area contributed by atoms with Crippen molar-refractivity contribution in [1.82, 2.24) is 15.1 Å². The summed E-state index contributed by atoms with van der Waals surface area (Å²) in [5.41, 5.74) is 2.14. The zero-order valence-electron chi connectivity index (χ0n) is 13.9. The molecule has 1 aromatic heterocycles. The molecule has 1 fully saturated rings. The number of nitrogens with one attached hydrogen (secondary N) is 1. The van der Waals surface area contributed by atoms with Gasteiger partial charge in [0.1, 0.15) is 0 Å². The van der Waals surface area contributed by atoms with Crippen LogP contribution in [0.15, 0.2) is 0 Å². The van der Waals surface area contributed by atoms with Gasteiger partial charge >= 0.3 is 0 Å². The van der Waals surface area contributed by atoms with E-state index in [-0.39, 0.29) is 37.0 Å². The maximum atomic E-state index is 12.9. The summed E-state index contributed by atoms with van der Waals surface area (Å²) in [6.07, 6.45) is 0.535. The number of hydrogen-bond donors (Lipinski definition) is 1. The molecule has 1 aromatic rings. The fourth-order valence-corrected chi connectivity index (χ4v) is 4.68. The average Bonchev–Trinajstić information content (AvgIpc) is 2.85. The molecule has 0 radical (unpaired) electrons. The molecule has 1 N–H and O–H groups in total. The van der Waals surface area contributed by atoms with Gasteiger partial charge in [0.25, 0.3) is 5.91 Å². The first kappa shape index (κ1) is 16.4. The minimum atomic E-state index is -3.17. The van der Waals surface area contributed by atoms with Gasteiger partial charge in [0.15, 0.2) is 15.5 Å². The third kappa shape index (κ3) is 2.67. The maximum Gasteiger partial charge on any atom is 0.274 e. The van der Waals surface area contributed by atoms with E-state index >= 15 is 0 Å². The lowest BCUT2D eigenvalue weighted by molar-refractivity contribution is -0.00702. The van der Waals surface area contributed by atoms with Crippen LogP contribution in [-0.4, -0.2) is 59.1 Å². The molecule has 3 heterocycles. The second-order valence-electron chi connectivity index (χ2n) is 7.06. The summed E-state index contributed by atoms with van der Waals surface area (Å²) < 4.78 is 29.0. The van der Waals surface area contributed by atoms with Gasteiger partial charge in [0.05, 0.1) is 28.4 Å². The van der Waals surface area contributed by atoms with E-state index in [2.05, 4.69) is 10.2 Å². The second kappa shape index (κ2) is 5.31. The number of H-pyrrole nitrogens is 1. The molecular formula is C15H23N3O4S. The van der Waals surface area contributed by atoms with E-state index in [1.807, 2.05) is 13.8 Å². The number of carbonyl (C=O) groups excluding carboxylic acids is 1. The van der Waals surface area contributed by atoms with Crippen LogP contribution < -0.4 is 0 Å². The molecule has 128 valence electrons. The Balaban J connectivity index is 1.88. The van der Waals surface area contributed by atoms with Gasteiger partial charge in [-0.2, -0.15) is 5.10 Å². The summed E-state index contributed by atoms with van der Waals surface area (Å²) in [5, 5.41) is 7.11. The van der Waals surface area contributed by atoms with Crippen LogP contribution in [-0.2, 0) is 21.0 Å². The molecule has 23 heavy (non-hydrogen) atoms. The molecule has 2 aliphatic rings. The lowest BCUT2D eigenvalue weighted by Gasteiger charge is -2.37. The molecule has 2 atom stereocenters. The topological polar surface area (TPSA) is 92.4 Å². The smallest absolute Gasteiger partial charge is 0.274 e. The Labute approximate surface area is 136 Å². The van der Waals surface area contributed by atoms with E-state index in [4.69, 9.17) is 4.74 Å². The third-order valence-electron chi connectivity index (χ3n) is 4.77. The van der Waals surface area contributed by atoms with Crippen LogP contribution in [0.4, 0.5) is 0 Å². The van der Waals surface area contributed by atoms with Crippen molar-refractivity contribution in [3.63, 3.8) is 0 Å². The van der Waals surface area contributed by atoms with E-state index in [1.165, 1.54) is 0 Å². The van der Waals surface area contributed by atoms with Gasteiger partial charge in [0.2, 0.25) is 0 Å². The normalized spacial score (nSPS) is 29.1. The number of fused-ring (bicyclic) bond motifs is 1. The standard InChI is InChI=1S/C15H23N3O4S/c1-9-7-11-12(10(2)22-9)16-17-13(11)14(19)18-5-6-23(20,21)15(3,4)8-18/h9-10H,5-8H2,1-4H3,(H,16,17)/t9-,10+/m1/s1. The highest BCUT2D eigenvalue weighted by Crippen LogP contribution is 2.31. The SMILES string of the molecule is C[C@@H]1Cc2c(C(=O)N3CCS(=O)(=O)C(C)(C)C3)n[nH]c2[C@H](C)O1. The number of aromatic amines is 1. The predicted molar refractivity (Wildman–Crippen MR) is 85.0 cm³/mol. The molecule has 1 saturated heterocycles. The average molecular weight is 341 g/mol. The molecule has 0 aliphatic carbocycles. The second-order valence-corrected chi connectivity index (χ2v) is 9.81. The lowest BCUT2D eigenvalue weighted by Crippen LogP contribution is -2.54. The molecular weight excluding hydrogens is 318 g/mol. The molecule has 0 spiro atoms. The summed E-state index contributed by atoms with van der Waals surface area (Å²) in [6, 6.07) is 0. The number of nitrogens with zero attached hydrogens (tertiary/aromatic N) is 2.